The van der Waals surface area contributed by atoms with Gasteiger partial charge in [-0.05, 0) is 107 Å². The molecule has 0 saturated heterocycles. The molecule has 0 radical (unpaired) electrons. The van der Waals surface area contributed by atoms with Crippen LogP contribution in [0.5, 0.6) is 0 Å². The smallest absolute Gasteiger partial charge is 0.318 e. The molecule has 0 saturated carbocycles. The summed E-state index contributed by atoms with van der Waals surface area (Å²) >= 11 is 0. The molecule has 0 amide bonds. The summed E-state index contributed by atoms with van der Waals surface area (Å²) < 4.78 is 127. The third kappa shape index (κ3) is 7.87. The predicted octanol–water partition coefficient (Wildman–Crippen LogP) is 12.0. The summed E-state index contributed by atoms with van der Waals surface area (Å²) in [5.74, 6) is 0. The zero-order valence-electron chi connectivity index (χ0n) is 47.5. The number of pyridine rings is 4. The number of nitrogens with zero attached hydrogens (tertiary/aromatic N) is 7. The summed E-state index contributed by atoms with van der Waals surface area (Å²) in [6.07, 6.45) is -7.30. The molecule has 0 N–H and O–H groups in total. The van der Waals surface area contributed by atoms with Crippen LogP contribution in [0.25, 0.3) is 83.5 Å². The molecular weight excluding hydrogens is 963 g/mol. The molecule has 0 aliphatic heterocycles. The number of rotatable bonds is 10. The fourth-order valence-electron chi connectivity index (χ4n) is 7.65. The van der Waals surface area contributed by atoms with Crippen LogP contribution >= 0.6 is 0 Å². The zero-order valence-corrected chi connectivity index (χ0v) is 35.9. The van der Waals surface area contributed by atoms with E-state index in [9.17, 15) is 11.0 Å². The van der Waals surface area contributed by atoms with Crippen LogP contribution in [-0.2, 0) is 45.6 Å². The average molecular weight is 1020 g/mol. The molecule has 7 nitrogen and oxygen atoms in total. The van der Waals surface area contributed by atoms with Gasteiger partial charge in [0.25, 0.3) is 0 Å². The van der Waals surface area contributed by atoms with Crippen molar-refractivity contribution in [1.82, 2.24) is 34.3 Å². The summed E-state index contributed by atoms with van der Waals surface area (Å²) in [7, 11) is 0. The molecule has 0 unspecified atom stereocenters. The Labute approximate surface area is 405 Å². The standard InChI is InChI=1S/C56H40N7.Ir/c1-36-37(2)61-56-54(60-36)62-55-49-32-45(35-59-53(49)48-19-11-12-20-52(48)63(55)56)47-18-10-9-17-46(47)44-30-40(23-21-38-25-27-50(57-33-38)42-13-5-3-6-14-42)29-41(31-44)24-22-39-26-28-51(58-34-39)43-15-7-4-8-16-43;/h3-13,15,17-18,20,25-35H,21-24H2,1-2H3;/q-3;+3/i1D3,2D3,21D2,22D2,23D2,24D2;. The SMILES string of the molecule is [2H]C([2H])([2H])c1nc2nc3c4cc(-c5ccccc5-c5cc(C([2H])([2H])C([2H])([2H])c6ccc(-c7[c-]cccc7)nc6)cc(C([2H])([2H])C([2H])([2H])c6ccc(-c7[c-]cccc7)nc6)c5)cnc4c4[c-]cccc4n3c2nc1C([2H])([2H])[2H].[Ir+3]. The Kier molecular flexibility index (Phi) is 7.58. The van der Waals surface area contributed by atoms with Crippen LogP contribution in [0.15, 0.2) is 158 Å². The van der Waals surface area contributed by atoms with Crippen LogP contribution < -0.4 is 0 Å². The van der Waals surface area contributed by atoms with E-state index in [-0.39, 0.29) is 64.9 Å². The number of aryl methyl sites for hydroxylation is 6. The molecule has 6 aromatic heterocycles. The van der Waals surface area contributed by atoms with E-state index in [0.29, 0.717) is 61.0 Å². The number of fused-ring (bicyclic) bond motifs is 8. The Hall–Kier alpha value is -7.25. The monoisotopic (exact) mass is 1020 g/mol. The van der Waals surface area contributed by atoms with Gasteiger partial charge in [-0.2, -0.15) is 0 Å². The number of hydrogen-bond donors (Lipinski definition) is 0. The summed E-state index contributed by atoms with van der Waals surface area (Å²) in [6.45, 7) is -5.88. The average Bonchev–Trinajstić information content (AvgIpc) is 4.06. The van der Waals surface area contributed by atoms with E-state index in [1.807, 2.05) is 12.1 Å². The van der Waals surface area contributed by atoms with Gasteiger partial charge in [-0.15, -0.1) is 101 Å². The van der Waals surface area contributed by atoms with Crippen molar-refractivity contribution in [2.75, 3.05) is 0 Å². The molecule has 11 rings (SSSR count). The first-order chi connectivity index (χ1) is 36.5. The van der Waals surface area contributed by atoms with E-state index in [1.165, 1.54) is 42.7 Å². The second-order valence-corrected chi connectivity index (χ2v) is 14.7. The number of benzene rings is 5. The van der Waals surface area contributed by atoms with Gasteiger partial charge in [0, 0.05) is 48.7 Å². The summed E-state index contributed by atoms with van der Waals surface area (Å²) in [4.78, 5) is 27.3. The predicted molar refractivity (Wildman–Crippen MR) is 252 cm³/mol. The van der Waals surface area contributed by atoms with Crippen LogP contribution in [-0.4, -0.2) is 34.3 Å². The topological polar surface area (TPSA) is 81.8 Å². The van der Waals surface area contributed by atoms with E-state index in [0.717, 1.165) is 0 Å². The third-order valence-electron chi connectivity index (χ3n) is 10.6. The minimum Gasteiger partial charge on any atom is -0.318 e. The second kappa shape index (κ2) is 17.5. The van der Waals surface area contributed by atoms with E-state index in [4.69, 9.17) is 18.2 Å². The van der Waals surface area contributed by atoms with Crippen LogP contribution in [0.3, 0.4) is 0 Å². The second-order valence-electron chi connectivity index (χ2n) is 14.7. The Bertz CT molecular complexity index is 3950. The Morgan fingerprint density at radius 2 is 1.14 bits per heavy atom. The van der Waals surface area contributed by atoms with Gasteiger partial charge in [-0.3, -0.25) is 0 Å². The Morgan fingerprint density at radius 3 is 1.75 bits per heavy atom. The molecular formula is C56H40IrN7. The van der Waals surface area contributed by atoms with Crippen molar-refractivity contribution in [2.24, 2.45) is 0 Å². The van der Waals surface area contributed by atoms with Gasteiger partial charge in [0.1, 0.15) is 5.65 Å². The molecule has 5 aromatic carbocycles. The van der Waals surface area contributed by atoms with Crippen LogP contribution in [0.1, 0.15) is 52.8 Å². The van der Waals surface area contributed by atoms with Crippen molar-refractivity contribution in [3.8, 4) is 44.8 Å². The van der Waals surface area contributed by atoms with Gasteiger partial charge in [-0.1, -0.05) is 66.7 Å². The fourth-order valence-corrected chi connectivity index (χ4v) is 7.65. The quantitative estimate of drug-likeness (QED) is 0.100. The molecule has 0 aliphatic carbocycles. The van der Waals surface area contributed by atoms with Gasteiger partial charge in [0.05, 0.1) is 11.4 Å². The van der Waals surface area contributed by atoms with Crippen molar-refractivity contribution >= 4 is 38.7 Å². The number of imidazole rings is 1. The van der Waals surface area contributed by atoms with Gasteiger partial charge < -0.3 is 19.4 Å². The molecule has 8 heteroatoms. The molecule has 0 aliphatic rings. The minimum atomic E-state index is -2.94. The summed E-state index contributed by atoms with van der Waals surface area (Å²) in [5, 5.41) is 0.916. The Balaban J connectivity index is 0.00000688. The largest absolute Gasteiger partial charge is 3.00 e. The summed E-state index contributed by atoms with van der Waals surface area (Å²) in [5.41, 5.74) is 2.67. The van der Waals surface area contributed by atoms with Crippen molar-refractivity contribution in [1.29, 1.82) is 0 Å². The van der Waals surface area contributed by atoms with E-state index in [1.54, 1.807) is 108 Å². The van der Waals surface area contributed by atoms with Crippen LogP contribution in [0.2, 0.25) is 0 Å². The summed E-state index contributed by atoms with van der Waals surface area (Å²) in [6, 6.07) is 47.6. The van der Waals surface area contributed by atoms with Crippen molar-refractivity contribution in [3.05, 3.63) is 210 Å². The third-order valence-corrected chi connectivity index (χ3v) is 10.6. The first kappa shape index (κ1) is 27.7. The van der Waals surface area contributed by atoms with Gasteiger partial charge in [-0.25, -0.2) is 15.0 Å². The maximum Gasteiger partial charge on any atom is 3.00 e. The minimum absolute atomic E-state index is 0. The van der Waals surface area contributed by atoms with E-state index >= 15 is 0 Å². The van der Waals surface area contributed by atoms with Gasteiger partial charge >= 0.3 is 20.1 Å². The molecule has 0 bridgehead atoms. The molecule has 11 aromatic rings. The van der Waals surface area contributed by atoms with E-state index < -0.39 is 50.6 Å². The maximum absolute atomic E-state index is 9.64. The van der Waals surface area contributed by atoms with Crippen molar-refractivity contribution in [2.45, 2.75) is 39.2 Å². The maximum atomic E-state index is 9.64. The van der Waals surface area contributed by atoms with Crippen molar-refractivity contribution in [3.63, 3.8) is 0 Å². The van der Waals surface area contributed by atoms with Gasteiger partial charge in [0.15, 0.2) is 11.3 Å². The van der Waals surface area contributed by atoms with Crippen molar-refractivity contribution < 1.29 is 39.3 Å². The first-order valence-corrected chi connectivity index (χ1v) is 19.9. The molecule has 6 heterocycles. The number of aromatic nitrogens is 7. The van der Waals surface area contributed by atoms with Crippen LogP contribution in [0, 0.1) is 31.9 Å². The molecule has 308 valence electrons. The number of hydrogen-bond acceptors (Lipinski definition) is 6. The fraction of sp³-hybridized carbons (Fsp3) is 0.107. The van der Waals surface area contributed by atoms with Gasteiger partial charge in [0.2, 0.25) is 0 Å². The first-order valence-electron chi connectivity index (χ1n) is 26.9. The molecule has 0 spiro atoms. The zero-order chi connectivity index (χ0) is 54.5. The van der Waals surface area contributed by atoms with Crippen LogP contribution in [0.4, 0.5) is 0 Å². The van der Waals surface area contributed by atoms with E-state index in [2.05, 4.69) is 38.1 Å². The molecule has 0 atom stereocenters. The molecule has 0 fully saturated rings. The normalized spacial score (nSPS) is 15.9. The molecule has 64 heavy (non-hydrogen) atoms. The Morgan fingerprint density at radius 1 is 0.531 bits per heavy atom.